The summed E-state index contributed by atoms with van der Waals surface area (Å²) in [4.78, 5) is 13.8. The van der Waals surface area contributed by atoms with Gasteiger partial charge >= 0.3 is 0 Å². The number of carbonyl (C=O) groups excluding carboxylic acids is 1. The minimum absolute atomic E-state index is 0.0855. The summed E-state index contributed by atoms with van der Waals surface area (Å²) in [5.74, 6) is 0.523. The van der Waals surface area contributed by atoms with Crippen LogP contribution in [-0.2, 0) is 0 Å². The molecule has 88 valence electrons. The van der Waals surface area contributed by atoms with E-state index in [2.05, 4.69) is 5.16 Å². The first-order valence-electron chi connectivity index (χ1n) is 5.61. The van der Waals surface area contributed by atoms with Crippen molar-refractivity contribution in [1.29, 1.82) is 0 Å². The van der Waals surface area contributed by atoms with Gasteiger partial charge in [0.2, 0.25) is 5.76 Å². The summed E-state index contributed by atoms with van der Waals surface area (Å²) in [7, 11) is 1.50. The summed E-state index contributed by atoms with van der Waals surface area (Å²) in [5.41, 5.74) is 0. The van der Waals surface area contributed by atoms with Gasteiger partial charge in [0.05, 0.1) is 13.2 Å². The Morgan fingerprint density at radius 1 is 1.38 bits per heavy atom. The Hall–Kier alpha value is -1.52. The quantitative estimate of drug-likeness (QED) is 0.767. The van der Waals surface area contributed by atoms with Gasteiger partial charge in [0, 0.05) is 13.1 Å². The van der Waals surface area contributed by atoms with Gasteiger partial charge in [-0.2, -0.15) is 0 Å². The average molecular weight is 224 g/mol. The van der Waals surface area contributed by atoms with Crippen LogP contribution in [0.4, 0.5) is 0 Å². The predicted octanol–water partition coefficient (Wildman–Crippen LogP) is 1.70. The van der Waals surface area contributed by atoms with Gasteiger partial charge in [0.1, 0.15) is 0 Å². The maximum Gasteiger partial charge on any atom is 0.292 e. The first kappa shape index (κ1) is 11.0. The molecule has 0 aromatic carbocycles. The second kappa shape index (κ2) is 5.01. The van der Waals surface area contributed by atoms with Crippen molar-refractivity contribution in [1.82, 2.24) is 10.1 Å². The maximum absolute atomic E-state index is 12.0. The molecule has 0 spiro atoms. The molecule has 0 unspecified atom stereocenters. The molecule has 2 rings (SSSR count). The summed E-state index contributed by atoms with van der Waals surface area (Å²) < 4.78 is 9.83. The topological polar surface area (TPSA) is 55.6 Å². The van der Waals surface area contributed by atoms with Gasteiger partial charge < -0.3 is 14.2 Å². The van der Waals surface area contributed by atoms with Crippen molar-refractivity contribution in [3.8, 4) is 5.88 Å². The highest BCUT2D eigenvalue weighted by molar-refractivity contribution is 5.91. The second-order valence-corrected chi connectivity index (χ2v) is 3.94. The van der Waals surface area contributed by atoms with Crippen LogP contribution in [0.5, 0.6) is 5.88 Å². The number of methoxy groups -OCH3 is 1. The SMILES string of the molecule is COc1cc(C(=O)N2CCCCCC2)on1. The molecule has 1 aromatic rings. The Morgan fingerprint density at radius 2 is 2.06 bits per heavy atom. The van der Waals surface area contributed by atoms with Crippen LogP contribution in [0.2, 0.25) is 0 Å². The normalized spacial score (nSPS) is 16.9. The molecule has 0 saturated carbocycles. The van der Waals surface area contributed by atoms with Gasteiger partial charge in [-0.1, -0.05) is 12.8 Å². The van der Waals surface area contributed by atoms with Crippen molar-refractivity contribution in [3.63, 3.8) is 0 Å². The molecule has 1 amide bonds. The largest absolute Gasteiger partial charge is 0.479 e. The van der Waals surface area contributed by atoms with Crippen LogP contribution in [0.3, 0.4) is 0 Å². The highest BCUT2D eigenvalue weighted by Crippen LogP contribution is 2.16. The van der Waals surface area contributed by atoms with E-state index >= 15 is 0 Å². The molecule has 5 heteroatoms. The lowest BCUT2D eigenvalue weighted by molar-refractivity contribution is 0.0719. The van der Waals surface area contributed by atoms with Crippen LogP contribution in [0.25, 0.3) is 0 Å². The summed E-state index contributed by atoms with van der Waals surface area (Å²) in [6.45, 7) is 1.61. The predicted molar refractivity (Wildman–Crippen MR) is 57.4 cm³/mol. The number of ether oxygens (including phenoxy) is 1. The van der Waals surface area contributed by atoms with Crippen LogP contribution in [0.1, 0.15) is 36.2 Å². The van der Waals surface area contributed by atoms with Crippen molar-refractivity contribution in [2.75, 3.05) is 20.2 Å². The minimum Gasteiger partial charge on any atom is -0.479 e. The molecule has 1 aliphatic heterocycles. The number of nitrogens with zero attached hydrogens (tertiary/aromatic N) is 2. The molecule has 1 aliphatic rings. The van der Waals surface area contributed by atoms with Crippen molar-refractivity contribution >= 4 is 5.91 Å². The number of aromatic nitrogens is 1. The van der Waals surface area contributed by atoms with E-state index in [1.807, 2.05) is 4.90 Å². The number of hydrogen-bond acceptors (Lipinski definition) is 4. The van der Waals surface area contributed by atoms with Gasteiger partial charge in [0.25, 0.3) is 11.8 Å². The Kier molecular flexibility index (Phi) is 3.44. The van der Waals surface area contributed by atoms with Gasteiger partial charge in [-0.3, -0.25) is 4.79 Å². The molecule has 5 nitrogen and oxygen atoms in total. The van der Waals surface area contributed by atoms with E-state index in [0.29, 0.717) is 5.88 Å². The van der Waals surface area contributed by atoms with E-state index < -0.39 is 0 Å². The minimum atomic E-state index is -0.0855. The van der Waals surface area contributed by atoms with Gasteiger partial charge in [0.15, 0.2) is 0 Å². The summed E-state index contributed by atoms with van der Waals surface area (Å²) in [5, 5.41) is 3.63. The molecule has 0 radical (unpaired) electrons. The molecule has 2 heterocycles. The Labute approximate surface area is 94.3 Å². The highest BCUT2D eigenvalue weighted by Gasteiger charge is 2.21. The van der Waals surface area contributed by atoms with Crippen LogP contribution < -0.4 is 4.74 Å². The molecular weight excluding hydrogens is 208 g/mol. The van der Waals surface area contributed by atoms with E-state index in [1.54, 1.807) is 0 Å². The van der Waals surface area contributed by atoms with Crippen LogP contribution in [0.15, 0.2) is 10.6 Å². The molecule has 1 aromatic heterocycles. The van der Waals surface area contributed by atoms with Crippen LogP contribution in [0, 0.1) is 0 Å². The Bertz CT molecular complexity index is 354. The van der Waals surface area contributed by atoms with Crippen LogP contribution in [-0.4, -0.2) is 36.2 Å². The zero-order valence-electron chi connectivity index (χ0n) is 9.44. The molecule has 0 N–H and O–H groups in total. The summed E-state index contributed by atoms with van der Waals surface area (Å²) in [6.07, 6.45) is 4.53. The zero-order valence-corrected chi connectivity index (χ0v) is 9.44. The van der Waals surface area contributed by atoms with Gasteiger partial charge in [-0.05, 0) is 18.0 Å². The van der Waals surface area contributed by atoms with E-state index in [0.717, 1.165) is 25.9 Å². The fraction of sp³-hybridized carbons (Fsp3) is 0.636. The summed E-state index contributed by atoms with van der Waals surface area (Å²) >= 11 is 0. The Morgan fingerprint density at radius 3 is 2.62 bits per heavy atom. The maximum atomic E-state index is 12.0. The number of carbonyl (C=O) groups is 1. The smallest absolute Gasteiger partial charge is 0.292 e. The van der Waals surface area contributed by atoms with E-state index in [4.69, 9.17) is 9.26 Å². The lowest BCUT2D eigenvalue weighted by Crippen LogP contribution is -2.31. The fourth-order valence-corrected chi connectivity index (χ4v) is 1.89. The first-order valence-corrected chi connectivity index (χ1v) is 5.61. The third kappa shape index (κ3) is 2.35. The Balaban J connectivity index is 2.05. The van der Waals surface area contributed by atoms with Crippen molar-refractivity contribution in [2.45, 2.75) is 25.7 Å². The summed E-state index contributed by atoms with van der Waals surface area (Å²) in [6, 6.07) is 1.53. The third-order valence-electron chi connectivity index (χ3n) is 2.80. The molecule has 0 aliphatic carbocycles. The van der Waals surface area contributed by atoms with Crippen molar-refractivity contribution in [3.05, 3.63) is 11.8 Å². The zero-order chi connectivity index (χ0) is 11.4. The fourth-order valence-electron chi connectivity index (χ4n) is 1.89. The molecule has 0 atom stereocenters. The molecule has 1 saturated heterocycles. The van der Waals surface area contributed by atoms with Crippen molar-refractivity contribution in [2.24, 2.45) is 0 Å². The van der Waals surface area contributed by atoms with Gasteiger partial charge in [-0.15, -0.1) is 0 Å². The van der Waals surface area contributed by atoms with E-state index in [1.165, 1.54) is 26.0 Å². The van der Waals surface area contributed by atoms with Crippen molar-refractivity contribution < 1.29 is 14.1 Å². The number of amides is 1. The lowest BCUT2D eigenvalue weighted by atomic mass is 10.2. The second-order valence-electron chi connectivity index (χ2n) is 3.94. The standard InChI is InChI=1S/C11H16N2O3/c1-15-10-8-9(16-12-10)11(14)13-6-4-2-3-5-7-13/h8H,2-7H2,1H3. The lowest BCUT2D eigenvalue weighted by Gasteiger charge is -2.17. The van der Waals surface area contributed by atoms with Crippen LogP contribution >= 0.6 is 0 Å². The molecule has 16 heavy (non-hydrogen) atoms. The number of hydrogen-bond donors (Lipinski definition) is 0. The molecular formula is C11H16N2O3. The number of rotatable bonds is 2. The highest BCUT2D eigenvalue weighted by atomic mass is 16.5. The first-order chi connectivity index (χ1) is 7.81. The third-order valence-corrected chi connectivity index (χ3v) is 2.80. The average Bonchev–Trinajstić information content (AvgIpc) is 2.62. The van der Waals surface area contributed by atoms with E-state index in [-0.39, 0.29) is 11.7 Å². The van der Waals surface area contributed by atoms with Gasteiger partial charge in [-0.25, -0.2) is 0 Å². The molecule has 1 fully saturated rings. The van der Waals surface area contributed by atoms with E-state index in [9.17, 15) is 4.79 Å². The number of likely N-dealkylation sites (tertiary alicyclic amines) is 1. The monoisotopic (exact) mass is 224 g/mol. The molecule has 0 bridgehead atoms.